The molecule has 5 nitrogen and oxygen atoms in total. The lowest BCUT2D eigenvalue weighted by molar-refractivity contribution is 0.0931. The van der Waals surface area contributed by atoms with Gasteiger partial charge in [-0.15, -0.1) is 0 Å². The highest BCUT2D eigenvalue weighted by atomic mass is 35.5. The van der Waals surface area contributed by atoms with Crippen molar-refractivity contribution in [3.05, 3.63) is 52.5 Å². The molecule has 25 heavy (non-hydrogen) atoms. The van der Waals surface area contributed by atoms with Crippen molar-refractivity contribution < 1.29 is 19.4 Å². The van der Waals surface area contributed by atoms with Crippen molar-refractivity contribution in [2.45, 2.75) is 18.9 Å². The zero-order valence-electron chi connectivity index (χ0n) is 13.5. The Morgan fingerprint density at radius 3 is 2.60 bits per heavy atom. The Hall–Kier alpha value is -2.40. The van der Waals surface area contributed by atoms with E-state index in [0.717, 1.165) is 29.9 Å². The summed E-state index contributed by atoms with van der Waals surface area (Å²) in [5, 5.41) is 12.8. The second-order valence-electron chi connectivity index (χ2n) is 6.36. The van der Waals surface area contributed by atoms with Crippen molar-refractivity contribution >= 4 is 17.5 Å². The van der Waals surface area contributed by atoms with Gasteiger partial charge in [0.1, 0.15) is 19.0 Å². The maximum atomic E-state index is 12.6. The number of hydrogen-bond donors (Lipinski definition) is 2. The average molecular weight is 360 g/mol. The van der Waals surface area contributed by atoms with Gasteiger partial charge in [0.15, 0.2) is 11.5 Å². The second kappa shape index (κ2) is 6.48. The molecule has 1 atom stereocenters. The summed E-state index contributed by atoms with van der Waals surface area (Å²) in [4.78, 5) is 12.6. The van der Waals surface area contributed by atoms with Crippen molar-refractivity contribution in [1.82, 2.24) is 5.32 Å². The fourth-order valence-electron chi connectivity index (χ4n) is 3.03. The van der Waals surface area contributed by atoms with E-state index in [-0.39, 0.29) is 22.7 Å². The zero-order chi connectivity index (χ0) is 17.4. The molecule has 2 aromatic carbocycles. The molecule has 0 spiro atoms. The first-order valence-corrected chi connectivity index (χ1v) is 8.68. The predicted octanol–water partition coefficient (Wildman–Crippen LogP) is 3.70. The number of halogens is 1. The Balaban J connectivity index is 1.57. The number of benzene rings is 2. The molecular weight excluding hydrogens is 342 g/mol. The number of amides is 1. The third kappa shape index (κ3) is 3.37. The maximum absolute atomic E-state index is 12.6. The molecule has 6 heteroatoms. The van der Waals surface area contributed by atoms with Gasteiger partial charge in [-0.1, -0.05) is 17.7 Å². The summed E-state index contributed by atoms with van der Waals surface area (Å²) >= 11 is 5.91. The normalized spacial score (nSPS) is 17.0. The molecule has 4 rings (SSSR count). The molecular formula is C19H18ClNO4. The standard InChI is InChI=1S/C19H18ClNO4/c20-14-9-13(3-5-15(14)22)19(23)21-18(11-1-2-11)12-4-6-16-17(10-12)25-8-7-24-16/h3-6,9-11,18,22H,1-2,7-8H2,(H,21,23)/t18-/m1/s1. The summed E-state index contributed by atoms with van der Waals surface area (Å²) in [5.74, 6) is 1.62. The van der Waals surface area contributed by atoms with Crippen LogP contribution in [0.15, 0.2) is 36.4 Å². The molecule has 0 aromatic heterocycles. The largest absolute Gasteiger partial charge is 0.506 e. The van der Waals surface area contributed by atoms with Crippen molar-refractivity contribution in [3.63, 3.8) is 0 Å². The molecule has 0 radical (unpaired) electrons. The summed E-state index contributed by atoms with van der Waals surface area (Å²) in [6.45, 7) is 1.08. The number of ether oxygens (including phenoxy) is 2. The lowest BCUT2D eigenvalue weighted by Crippen LogP contribution is -2.30. The van der Waals surface area contributed by atoms with E-state index in [1.807, 2.05) is 18.2 Å². The van der Waals surface area contributed by atoms with Crippen LogP contribution in [0.2, 0.25) is 5.02 Å². The number of nitrogens with one attached hydrogen (secondary N) is 1. The Bertz CT molecular complexity index is 819. The van der Waals surface area contributed by atoms with E-state index >= 15 is 0 Å². The van der Waals surface area contributed by atoms with E-state index in [4.69, 9.17) is 21.1 Å². The van der Waals surface area contributed by atoms with Crippen LogP contribution in [0.5, 0.6) is 17.2 Å². The van der Waals surface area contributed by atoms with E-state index in [9.17, 15) is 9.90 Å². The van der Waals surface area contributed by atoms with E-state index in [2.05, 4.69) is 5.32 Å². The van der Waals surface area contributed by atoms with Gasteiger partial charge in [-0.2, -0.15) is 0 Å². The summed E-state index contributed by atoms with van der Waals surface area (Å²) in [7, 11) is 0. The van der Waals surface area contributed by atoms with Crippen LogP contribution in [0.4, 0.5) is 0 Å². The van der Waals surface area contributed by atoms with Gasteiger partial charge < -0.3 is 19.9 Å². The van der Waals surface area contributed by atoms with Crippen LogP contribution in [-0.2, 0) is 0 Å². The monoisotopic (exact) mass is 359 g/mol. The van der Waals surface area contributed by atoms with Gasteiger partial charge >= 0.3 is 0 Å². The van der Waals surface area contributed by atoms with Gasteiger partial charge in [0.2, 0.25) is 0 Å². The number of hydrogen-bond acceptors (Lipinski definition) is 4. The third-order valence-electron chi connectivity index (χ3n) is 4.52. The highest BCUT2D eigenvalue weighted by Crippen LogP contribution is 2.43. The van der Waals surface area contributed by atoms with Crippen molar-refractivity contribution in [3.8, 4) is 17.2 Å². The minimum atomic E-state index is -0.214. The molecule has 1 saturated carbocycles. The van der Waals surface area contributed by atoms with Crippen LogP contribution in [0.1, 0.15) is 34.8 Å². The SMILES string of the molecule is O=C(N[C@@H](c1ccc2c(c1)OCCO2)C1CC1)c1ccc(O)c(Cl)c1. The van der Waals surface area contributed by atoms with Crippen molar-refractivity contribution in [2.75, 3.05) is 13.2 Å². The molecule has 2 aromatic rings. The lowest BCUT2D eigenvalue weighted by atomic mass is 10.0. The summed E-state index contributed by atoms with van der Waals surface area (Å²) in [5.41, 5.74) is 1.43. The summed E-state index contributed by atoms with van der Waals surface area (Å²) < 4.78 is 11.2. The highest BCUT2D eigenvalue weighted by Gasteiger charge is 2.34. The van der Waals surface area contributed by atoms with Crippen LogP contribution in [0.25, 0.3) is 0 Å². The summed E-state index contributed by atoms with van der Waals surface area (Å²) in [6, 6.07) is 10.2. The molecule has 0 saturated heterocycles. The maximum Gasteiger partial charge on any atom is 0.251 e. The van der Waals surface area contributed by atoms with Gasteiger partial charge in [-0.05, 0) is 54.7 Å². The number of phenols is 1. The molecule has 1 heterocycles. The second-order valence-corrected chi connectivity index (χ2v) is 6.77. The minimum Gasteiger partial charge on any atom is -0.506 e. The van der Waals surface area contributed by atoms with E-state index in [1.165, 1.54) is 12.1 Å². The van der Waals surface area contributed by atoms with E-state index < -0.39 is 0 Å². The number of fused-ring (bicyclic) bond motifs is 1. The van der Waals surface area contributed by atoms with Crippen LogP contribution in [0, 0.1) is 5.92 Å². The highest BCUT2D eigenvalue weighted by molar-refractivity contribution is 6.32. The first kappa shape index (κ1) is 16.1. The molecule has 2 N–H and O–H groups in total. The Morgan fingerprint density at radius 2 is 1.88 bits per heavy atom. The molecule has 130 valence electrons. The number of rotatable bonds is 4. The Kier molecular flexibility index (Phi) is 4.17. The first-order chi connectivity index (χ1) is 12.1. The number of aromatic hydroxyl groups is 1. The number of carbonyl (C=O) groups is 1. The topological polar surface area (TPSA) is 67.8 Å². The molecule has 1 aliphatic heterocycles. The van der Waals surface area contributed by atoms with Gasteiger partial charge in [0, 0.05) is 5.56 Å². The van der Waals surface area contributed by atoms with Crippen molar-refractivity contribution in [1.29, 1.82) is 0 Å². The van der Waals surface area contributed by atoms with Crippen molar-refractivity contribution in [2.24, 2.45) is 5.92 Å². The smallest absolute Gasteiger partial charge is 0.251 e. The fourth-order valence-corrected chi connectivity index (χ4v) is 3.21. The Morgan fingerprint density at radius 1 is 1.12 bits per heavy atom. The first-order valence-electron chi connectivity index (χ1n) is 8.31. The minimum absolute atomic E-state index is 0.0382. The average Bonchev–Trinajstić information content (AvgIpc) is 3.46. The molecule has 2 aliphatic rings. The quantitative estimate of drug-likeness (QED) is 0.873. The number of phenolic OH excluding ortho intramolecular Hbond substituents is 1. The van der Waals surface area contributed by atoms with Crippen LogP contribution < -0.4 is 14.8 Å². The zero-order valence-corrected chi connectivity index (χ0v) is 14.3. The predicted molar refractivity (Wildman–Crippen MR) is 93.5 cm³/mol. The van der Waals surface area contributed by atoms with E-state index in [0.29, 0.717) is 24.7 Å². The Labute approximate surface area is 150 Å². The third-order valence-corrected chi connectivity index (χ3v) is 4.82. The number of carbonyl (C=O) groups excluding carboxylic acids is 1. The molecule has 1 fully saturated rings. The van der Waals surface area contributed by atoms with Crippen LogP contribution >= 0.6 is 11.6 Å². The lowest BCUT2D eigenvalue weighted by Gasteiger charge is -2.23. The molecule has 0 unspecified atom stereocenters. The van der Waals surface area contributed by atoms with Gasteiger partial charge in [0.25, 0.3) is 5.91 Å². The summed E-state index contributed by atoms with van der Waals surface area (Å²) in [6.07, 6.45) is 2.16. The van der Waals surface area contributed by atoms with E-state index in [1.54, 1.807) is 6.07 Å². The van der Waals surface area contributed by atoms with Crippen LogP contribution in [0.3, 0.4) is 0 Å². The van der Waals surface area contributed by atoms with Gasteiger partial charge in [-0.25, -0.2) is 0 Å². The van der Waals surface area contributed by atoms with Crippen LogP contribution in [-0.4, -0.2) is 24.2 Å². The molecule has 1 amide bonds. The molecule has 0 bridgehead atoms. The fraction of sp³-hybridized carbons (Fsp3) is 0.316. The molecule has 1 aliphatic carbocycles. The van der Waals surface area contributed by atoms with Gasteiger partial charge in [-0.3, -0.25) is 4.79 Å². The van der Waals surface area contributed by atoms with Gasteiger partial charge in [0.05, 0.1) is 11.1 Å².